The van der Waals surface area contributed by atoms with Gasteiger partial charge in [-0.25, -0.2) is 9.67 Å². The van der Waals surface area contributed by atoms with Gasteiger partial charge >= 0.3 is 0 Å². The van der Waals surface area contributed by atoms with Gasteiger partial charge in [-0.05, 0) is 24.1 Å². The second-order valence-corrected chi connectivity index (χ2v) is 6.29. The minimum absolute atomic E-state index is 0.110. The van der Waals surface area contributed by atoms with Gasteiger partial charge in [0.15, 0.2) is 23.1 Å². The van der Waals surface area contributed by atoms with E-state index in [0.717, 1.165) is 17.9 Å². The van der Waals surface area contributed by atoms with E-state index in [1.54, 1.807) is 4.68 Å². The zero-order chi connectivity index (χ0) is 18.6. The number of carbonyl (C=O) groups excluding carboxylic acids is 1. The minimum atomic E-state index is -0.110. The van der Waals surface area contributed by atoms with Gasteiger partial charge in [-0.1, -0.05) is 30.3 Å². The quantitative estimate of drug-likeness (QED) is 0.727. The van der Waals surface area contributed by atoms with Crippen LogP contribution in [0.5, 0.6) is 11.5 Å². The van der Waals surface area contributed by atoms with Gasteiger partial charge in [0.05, 0.1) is 12.2 Å². The Morgan fingerprint density at radius 3 is 2.74 bits per heavy atom. The van der Waals surface area contributed by atoms with Crippen LogP contribution >= 0.6 is 0 Å². The molecule has 2 heterocycles. The van der Waals surface area contributed by atoms with Gasteiger partial charge in [-0.3, -0.25) is 4.79 Å². The number of ether oxygens (including phenoxy) is 2. The third-order valence-electron chi connectivity index (χ3n) is 4.29. The van der Waals surface area contributed by atoms with Crippen molar-refractivity contribution in [2.24, 2.45) is 0 Å². The van der Waals surface area contributed by atoms with Crippen LogP contribution in [0.25, 0.3) is 5.69 Å². The topological polar surface area (TPSA) is 78.3 Å². The number of nitrogens with one attached hydrogen (secondary N) is 1. The Hall–Kier alpha value is -3.35. The van der Waals surface area contributed by atoms with E-state index in [-0.39, 0.29) is 12.7 Å². The van der Waals surface area contributed by atoms with Crippen LogP contribution in [-0.4, -0.2) is 27.5 Å². The number of benzene rings is 2. The first-order valence-electron chi connectivity index (χ1n) is 8.82. The Bertz CT molecular complexity index is 953. The van der Waals surface area contributed by atoms with Crippen molar-refractivity contribution in [3.05, 3.63) is 65.7 Å². The molecule has 0 radical (unpaired) electrons. The number of rotatable bonds is 6. The molecule has 1 aliphatic heterocycles. The van der Waals surface area contributed by atoms with Crippen molar-refractivity contribution in [2.45, 2.75) is 26.3 Å². The van der Waals surface area contributed by atoms with Crippen LogP contribution in [-0.2, 0) is 24.2 Å². The maximum atomic E-state index is 11.3. The van der Waals surface area contributed by atoms with E-state index < -0.39 is 0 Å². The number of amides is 1. The average molecular weight is 364 g/mol. The summed E-state index contributed by atoms with van der Waals surface area (Å²) in [6.45, 7) is 2.01. The zero-order valence-corrected chi connectivity index (χ0v) is 15.0. The first-order valence-corrected chi connectivity index (χ1v) is 8.82. The molecule has 0 unspecified atom stereocenters. The Morgan fingerprint density at radius 1 is 1.11 bits per heavy atom. The predicted octanol–water partition coefficient (Wildman–Crippen LogP) is 2.42. The first-order chi connectivity index (χ1) is 13.2. The maximum Gasteiger partial charge on any atom is 0.231 e. The van der Waals surface area contributed by atoms with Gasteiger partial charge in [-0.2, -0.15) is 5.10 Å². The lowest BCUT2D eigenvalue weighted by molar-refractivity contribution is -0.119. The third kappa shape index (κ3) is 3.92. The molecule has 1 amide bonds. The molecule has 0 atom stereocenters. The normalized spacial score (nSPS) is 12.2. The Labute approximate surface area is 156 Å². The van der Waals surface area contributed by atoms with Crippen LogP contribution in [0.3, 0.4) is 0 Å². The molecule has 27 heavy (non-hydrogen) atoms. The molecule has 7 heteroatoms. The molecule has 2 aromatic carbocycles. The van der Waals surface area contributed by atoms with E-state index in [0.29, 0.717) is 30.3 Å². The fourth-order valence-corrected chi connectivity index (χ4v) is 2.94. The molecule has 0 fully saturated rings. The molecule has 0 spiro atoms. The molecule has 4 rings (SSSR count). The van der Waals surface area contributed by atoms with Crippen molar-refractivity contribution in [3.63, 3.8) is 0 Å². The lowest BCUT2D eigenvalue weighted by atomic mass is 10.1. The van der Waals surface area contributed by atoms with Crippen LogP contribution in [0, 0.1) is 0 Å². The number of nitrogens with zero attached hydrogens (tertiary/aromatic N) is 3. The summed E-state index contributed by atoms with van der Waals surface area (Å²) in [5, 5.41) is 7.45. The van der Waals surface area contributed by atoms with Crippen molar-refractivity contribution >= 4 is 5.91 Å². The second-order valence-electron chi connectivity index (χ2n) is 6.29. The SMILES string of the molecule is CC(=O)NCc1nc(CCc2ccccc2)nn1-c1ccc2c(c1)OCO2. The molecule has 0 bridgehead atoms. The second kappa shape index (κ2) is 7.49. The molecule has 0 saturated heterocycles. The van der Waals surface area contributed by atoms with Crippen molar-refractivity contribution in [1.29, 1.82) is 0 Å². The average Bonchev–Trinajstić information content (AvgIpc) is 3.31. The highest BCUT2D eigenvalue weighted by atomic mass is 16.7. The molecule has 7 nitrogen and oxygen atoms in total. The molecule has 0 saturated carbocycles. The first kappa shape index (κ1) is 17.1. The lowest BCUT2D eigenvalue weighted by Crippen LogP contribution is -2.21. The monoisotopic (exact) mass is 364 g/mol. The molecular weight excluding hydrogens is 344 g/mol. The predicted molar refractivity (Wildman–Crippen MR) is 98.9 cm³/mol. The minimum Gasteiger partial charge on any atom is -0.454 e. The maximum absolute atomic E-state index is 11.3. The number of carbonyl (C=O) groups is 1. The molecule has 1 aromatic heterocycles. The molecular formula is C20H20N4O3. The summed E-state index contributed by atoms with van der Waals surface area (Å²) in [6, 6.07) is 15.9. The standard InChI is InChI=1S/C20H20N4O3/c1-14(25)21-12-20-22-19(10-7-15-5-3-2-4-6-15)23-24(20)16-8-9-17-18(11-16)27-13-26-17/h2-6,8-9,11H,7,10,12-13H2,1H3,(H,21,25). The highest BCUT2D eigenvalue weighted by molar-refractivity contribution is 5.72. The summed E-state index contributed by atoms with van der Waals surface area (Å²) in [6.07, 6.45) is 1.57. The van der Waals surface area contributed by atoms with Crippen LogP contribution in [0.2, 0.25) is 0 Å². The fourth-order valence-electron chi connectivity index (χ4n) is 2.94. The fraction of sp³-hybridized carbons (Fsp3) is 0.250. The van der Waals surface area contributed by atoms with Crippen molar-refractivity contribution in [2.75, 3.05) is 6.79 Å². The lowest BCUT2D eigenvalue weighted by Gasteiger charge is -2.07. The van der Waals surface area contributed by atoms with Crippen molar-refractivity contribution in [3.8, 4) is 17.2 Å². The number of hydrogen-bond acceptors (Lipinski definition) is 5. The molecule has 0 aliphatic carbocycles. The number of fused-ring (bicyclic) bond motifs is 1. The van der Waals surface area contributed by atoms with Crippen molar-refractivity contribution in [1.82, 2.24) is 20.1 Å². The van der Waals surface area contributed by atoms with E-state index in [9.17, 15) is 4.79 Å². The molecule has 3 aromatic rings. The third-order valence-corrected chi connectivity index (χ3v) is 4.29. The highest BCUT2D eigenvalue weighted by Crippen LogP contribution is 2.33. The Kier molecular flexibility index (Phi) is 4.74. The summed E-state index contributed by atoms with van der Waals surface area (Å²) in [5.41, 5.74) is 2.05. The van der Waals surface area contributed by atoms with Crippen molar-refractivity contribution < 1.29 is 14.3 Å². The number of aromatic nitrogens is 3. The van der Waals surface area contributed by atoms with E-state index in [2.05, 4.69) is 27.5 Å². The van der Waals surface area contributed by atoms with Crippen LogP contribution in [0.15, 0.2) is 48.5 Å². The van der Waals surface area contributed by atoms with E-state index in [4.69, 9.17) is 9.47 Å². The van der Waals surface area contributed by atoms with E-state index >= 15 is 0 Å². The van der Waals surface area contributed by atoms with Gasteiger partial charge in [0.2, 0.25) is 12.7 Å². The largest absolute Gasteiger partial charge is 0.454 e. The molecule has 1 N–H and O–H groups in total. The number of hydrogen-bond donors (Lipinski definition) is 1. The van der Waals surface area contributed by atoms with Crippen LogP contribution in [0.1, 0.15) is 24.1 Å². The van der Waals surface area contributed by atoms with E-state index in [1.807, 2.05) is 36.4 Å². The van der Waals surface area contributed by atoms with Gasteiger partial charge in [0.25, 0.3) is 0 Å². The van der Waals surface area contributed by atoms with Gasteiger partial charge in [-0.15, -0.1) is 0 Å². The zero-order valence-electron chi connectivity index (χ0n) is 15.0. The summed E-state index contributed by atoms with van der Waals surface area (Å²) >= 11 is 0. The van der Waals surface area contributed by atoms with Crippen LogP contribution in [0.4, 0.5) is 0 Å². The Morgan fingerprint density at radius 2 is 1.93 bits per heavy atom. The van der Waals surface area contributed by atoms with Gasteiger partial charge < -0.3 is 14.8 Å². The highest BCUT2D eigenvalue weighted by Gasteiger charge is 2.17. The number of aryl methyl sites for hydroxylation is 2. The molecule has 138 valence electrons. The molecule has 1 aliphatic rings. The van der Waals surface area contributed by atoms with E-state index in [1.165, 1.54) is 12.5 Å². The summed E-state index contributed by atoms with van der Waals surface area (Å²) in [5.74, 6) is 2.69. The summed E-state index contributed by atoms with van der Waals surface area (Å²) in [4.78, 5) is 16.0. The van der Waals surface area contributed by atoms with Gasteiger partial charge in [0, 0.05) is 19.4 Å². The van der Waals surface area contributed by atoms with Gasteiger partial charge in [0.1, 0.15) is 0 Å². The Balaban J connectivity index is 1.60. The van der Waals surface area contributed by atoms with Crippen LogP contribution < -0.4 is 14.8 Å². The smallest absolute Gasteiger partial charge is 0.231 e. The summed E-state index contributed by atoms with van der Waals surface area (Å²) in [7, 11) is 0. The summed E-state index contributed by atoms with van der Waals surface area (Å²) < 4.78 is 12.6.